The molecule has 3 aromatic rings. The summed E-state index contributed by atoms with van der Waals surface area (Å²) in [5.74, 6) is -1.28. The van der Waals surface area contributed by atoms with E-state index in [0.717, 1.165) is 5.02 Å². The molecule has 1 aromatic heterocycles. The zero-order chi connectivity index (χ0) is 19.6. The van der Waals surface area contributed by atoms with Crippen LogP contribution in [-0.2, 0) is 4.79 Å². The number of halogens is 2. The van der Waals surface area contributed by atoms with Gasteiger partial charge in [0.05, 0.1) is 5.56 Å². The number of nitrogens with one attached hydrogen (secondary N) is 2. The van der Waals surface area contributed by atoms with E-state index in [4.69, 9.17) is 17.3 Å². The molecule has 1 heterocycles. The van der Waals surface area contributed by atoms with Crippen LogP contribution >= 0.6 is 11.6 Å². The average Bonchev–Trinajstić information content (AvgIpc) is 3.12. The van der Waals surface area contributed by atoms with Gasteiger partial charge in [-0.1, -0.05) is 48.0 Å². The first kappa shape index (κ1) is 20.2. The quantitative estimate of drug-likeness (QED) is 0.622. The summed E-state index contributed by atoms with van der Waals surface area (Å²) in [6.07, 6.45) is 3.11. The second-order valence-corrected chi connectivity index (χ2v) is 5.97. The molecule has 0 bridgehead atoms. The zero-order valence-corrected chi connectivity index (χ0v) is 15.2. The number of hydrogen-bond acceptors (Lipinski definition) is 2. The molecule has 0 unspecified atom stereocenters. The largest absolute Gasteiger partial charge is 0.370 e. The summed E-state index contributed by atoms with van der Waals surface area (Å²) in [6.45, 7) is 0.149. The summed E-state index contributed by atoms with van der Waals surface area (Å²) in [4.78, 5) is 25.4. The summed E-state index contributed by atoms with van der Waals surface area (Å²) in [5, 5.41) is 3.36. The lowest BCUT2D eigenvalue weighted by molar-refractivity contribution is -0.117. The molecule has 5 nitrogen and oxygen atoms in total. The number of aromatic amines is 1. The molecule has 2 amide bonds. The highest BCUT2D eigenvalue weighted by Crippen LogP contribution is 2.25. The van der Waals surface area contributed by atoms with Crippen LogP contribution in [-0.4, -0.2) is 23.3 Å². The minimum atomic E-state index is -0.492. The van der Waals surface area contributed by atoms with E-state index < -0.39 is 11.7 Å². The van der Waals surface area contributed by atoms with Gasteiger partial charge in [-0.2, -0.15) is 0 Å². The Bertz CT molecular complexity index is 897. The van der Waals surface area contributed by atoms with Gasteiger partial charge in [-0.05, 0) is 18.2 Å². The van der Waals surface area contributed by atoms with Gasteiger partial charge in [0.2, 0.25) is 5.91 Å². The molecule has 4 N–H and O–H groups in total. The first-order chi connectivity index (χ1) is 13.0. The number of carbonyl (C=O) groups excluding carboxylic acids is 2. The maximum atomic E-state index is 13.7. The number of aromatic nitrogens is 1. The normalized spacial score (nSPS) is 9.85. The molecule has 0 atom stereocenters. The van der Waals surface area contributed by atoms with Crippen LogP contribution in [0.3, 0.4) is 0 Å². The van der Waals surface area contributed by atoms with Crippen LogP contribution in [0.2, 0.25) is 5.02 Å². The number of rotatable bonds is 5. The predicted molar refractivity (Wildman–Crippen MR) is 104 cm³/mol. The molecule has 0 aliphatic carbocycles. The van der Waals surface area contributed by atoms with E-state index in [1.54, 1.807) is 24.4 Å². The number of primary amides is 1. The molecule has 7 heteroatoms. The van der Waals surface area contributed by atoms with Crippen LogP contribution in [0.15, 0.2) is 67.0 Å². The highest BCUT2D eigenvalue weighted by molar-refractivity contribution is 6.30. The molecule has 0 aliphatic heterocycles. The predicted octanol–water partition coefficient (Wildman–Crippen LogP) is 3.77. The molecule has 2 aromatic carbocycles. The molecule has 0 fully saturated rings. The van der Waals surface area contributed by atoms with Crippen LogP contribution < -0.4 is 11.1 Å². The lowest BCUT2D eigenvalue weighted by atomic mass is 10.0. The van der Waals surface area contributed by atoms with E-state index >= 15 is 0 Å². The molecular weight excluding hydrogens is 369 g/mol. The third-order valence-electron chi connectivity index (χ3n) is 3.54. The van der Waals surface area contributed by atoms with Gasteiger partial charge in [-0.25, -0.2) is 4.39 Å². The van der Waals surface area contributed by atoms with Crippen molar-refractivity contribution in [3.63, 3.8) is 0 Å². The topological polar surface area (TPSA) is 88.0 Å². The smallest absolute Gasteiger partial charge is 0.253 e. The number of benzene rings is 2. The van der Waals surface area contributed by atoms with Crippen molar-refractivity contribution < 1.29 is 14.0 Å². The highest BCUT2D eigenvalue weighted by Gasteiger charge is 2.16. The van der Waals surface area contributed by atoms with Crippen molar-refractivity contribution in [3.8, 4) is 11.1 Å². The molecule has 27 heavy (non-hydrogen) atoms. The van der Waals surface area contributed by atoms with Gasteiger partial charge in [-0.3, -0.25) is 9.59 Å². The lowest BCUT2D eigenvalue weighted by Gasteiger charge is -2.06. The van der Waals surface area contributed by atoms with Gasteiger partial charge in [0.15, 0.2) is 0 Å². The average molecular weight is 388 g/mol. The molecule has 140 valence electrons. The fraction of sp³-hybridized carbons (Fsp3) is 0.100. The van der Waals surface area contributed by atoms with Crippen molar-refractivity contribution in [2.24, 2.45) is 5.73 Å². The first-order valence-electron chi connectivity index (χ1n) is 8.17. The molecule has 0 aliphatic rings. The van der Waals surface area contributed by atoms with Crippen molar-refractivity contribution in [3.05, 3.63) is 83.4 Å². The van der Waals surface area contributed by atoms with Gasteiger partial charge < -0.3 is 16.0 Å². The van der Waals surface area contributed by atoms with Gasteiger partial charge in [0.25, 0.3) is 5.91 Å². The Morgan fingerprint density at radius 1 is 1.00 bits per heavy atom. The Morgan fingerprint density at radius 2 is 1.67 bits per heavy atom. The maximum absolute atomic E-state index is 13.7. The highest BCUT2D eigenvalue weighted by atomic mass is 35.5. The zero-order valence-electron chi connectivity index (χ0n) is 14.4. The Hall–Kier alpha value is -3.12. The number of nitrogens with two attached hydrogens (primary N) is 1. The third kappa shape index (κ3) is 6.27. The summed E-state index contributed by atoms with van der Waals surface area (Å²) >= 11 is 5.54. The van der Waals surface area contributed by atoms with E-state index in [2.05, 4.69) is 10.3 Å². The molecular formula is C20H19ClFN3O2. The Morgan fingerprint density at radius 3 is 2.26 bits per heavy atom. The molecule has 0 spiro atoms. The Balaban J connectivity index is 0.000000313. The summed E-state index contributed by atoms with van der Waals surface area (Å²) in [6, 6.07) is 15.6. The second kappa shape index (κ2) is 10.1. The van der Waals surface area contributed by atoms with Crippen molar-refractivity contribution >= 4 is 23.4 Å². The van der Waals surface area contributed by atoms with Crippen molar-refractivity contribution in [2.75, 3.05) is 6.54 Å². The second-order valence-electron chi connectivity index (χ2n) is 5.53. The number of carbonyl (C=O) groups is 2. The minimum absolute atomic E-state index is 0.0607. The van der Waals surface area contributed by atoms with E-state index in [1.165, 1.54) is 12.3 Å². The Kier molecular flexibility index (Phi) is 7.58. The summed E-state index contributed by atoms with van der Waals surface area (Å²) in [7, 11) is 0. The van der Waals surface area contributed by atoms with Crippen molar-refractivity contribution in [1.82, 2.24) is 10.3 Å². The lowest BCUT2D eigenvalue weighted by Crippen LogP contribution is -2.27. The maximum Gasteiger partial charge on any atom is 0.253 e. The van der Waals surface area contributed by atoms with Crippen LogP contribution in [0, 0.1) is 5.82 Å². The van der Waals surface area contributed by atoms with E-state index in [-0.39, 0.29) is 18.9 Å². The SMILES string of the molecule is Clc1ccccc1.NC(=O)CCNC(=O)c1c[nH]cc1-c1ccccc1F. The number of hydrogen-bond donors (Lipinski definition) is 3. The Labute approximate surface area is 161 Å². The van der Waals surface area contributed by atoms with Crippen LogP contribution in [0.25, 0.3) is 11.1 Å². The fourth-order valence-electron chi connectivity index (χ4n) is 2.26. The van der Waals surface area contributed by atoms with Crippen molar-refractivity contribution in [2.45, 2.75) is 6.42 Å². The van der Waals surface area contributed by atoms with Gasteiger partial charge in [0.1, 0.15) is 5.82 Å². The fourth-order valence-corrected chi connectivity index (χ4v) is 2.41. The monoisotopic (exact) mass is 387 g/mol. The number of amides is 2. The van der Waals surface area contributed by atoms with E-state index in [1.807, 2.05) is 30.3 Å². The molecule has 0 radical (unpaired) electrons. The number of H-pyrrole nitrogens is 1. The molecule has 0 saturated carbocycles. The van der Waals surface area contributed by atoms with Crippen LogP contribution in [0.5, 0.6) is 0 Å². The van der Waals surface area contributed by atoms with Crippen LogP contribution in [0.4, 0.5) is 4.39 Å². The molecule has 0 saturated heterocycles. The van der Waals surface area contributed by atoms with Gasteiger partial charge >= 0.3 is 0 Å². The van der Waals surface area contributed by atoms with Crippen molar-refractivity contribution in [1.29, 1.82) is 0 Å². The van der Waals surface area contributed by atoms with Crippen LogP contribution in [0.1, 0.15) is 16.8 Å². The van der Waals surface area contributed by atoms with Gasteiger partial charge in [0, 0.05) is 41.5 Å². The van der Waals surface area contributed by atoms with E-state index in [0.29, 0.717) is 16.7 Å². The summed E-state index contributed by atoms with van der Waals surface area (Å²) < 4.78 is 13.7. The first-order valence-corrected chi connectivity index (χ1v) is 8.55. The minimum Gasteiger partial charge on any atom is -0.370 e. The summed E-state index contributed by atoms with van der Waals surface area (Å²) in [5.41, 5.74) is 6.12. The molecule has 3 rings (SSSR count). The standard InChI is InChI=1S/C14H14FN3O2.C6H5Cl/c15-12-4-2-1-3-9(12)10-7-17-8-11(10)14(20)18-6-5-13(16)19;7-6-4-2-1-3-5-6/h1-4,7-8,17H,5-6H2,(H2,16,19)(H,18,20);1-5H. The van der Waals surface area contributed by atoms with Gasteiger partial charge in [-0.15, -0.1) is 0 Å². The van der Waals surface area contributed by atoms with E-state index in [9.17, 15) is 14.0 Å². The third-order valence-corrected chi connectivity index (χ3v) is 3.80.